The van der Waals surface area contributed by atoms with Gasteiger partial charge in [0, 0.05) is 5.69 Å². The zero-order chi connectivity index (χ0) is 13.4. The van der Waals surface area contributed by atoms with Gasteiger partial charge in [0.2, 0.25) is 0 Å². The molecular weight excluding hydrogens is 234 g/mol. The molecule has 0 amide bonds. The largest absolute Gasteiger partial charge is 0.480 e. The number of hydrogen-bond acceptors (Lipinski definition) is 5. The van der Waals surface area contributed by atoms with Crippen LogP contribution in [0.3, 0.4) is 0 Å². The summed E-state index contributed by atoms with van der Waals surface area (Å²) in [5.41, 5.74) is 0.909. The zero-order valence-corrected chi connectivity index (χ0v) is 10.6. The Morgan fingerprint density at radius 1 is 1.44 bits per heavy atom. The molecular formula is C13H17NO4. The Labute approximate surface area is 106 Å². The first-order valence-corrected chi connectivity index (χ1v) is 5.88. The number of pyridine rings is 1. The zero-order valence-electron chi connectivity index (χ0n) is 10.6. The smallest absolute Gasteiger partial charge is 0.344 e. The maximum Gasteiger partial charge on any atom is 0.344 e. The van der Waals surface area contributed by atoms with Crippen molar-refractivity contribution in [2.24, 2.45) is 0 Å². The number of unbranched alkanes of at least 4 members (excludes halogenated alkanes) is 1. The molecule has 1 aromatic rings. The standard InChI is InChI=1S/C13H17NO4/c1-3-4-7-17-13(16)9-18-12-6-5-10(2)14-11(12)8-15/h5-6,8H,3-4,7,9H2,1-2H3. The van der Waals surface area contributed by atoms with Gasteiger partial charge >= 0.3 is 5.97 Å². The van der Waals surface area contributed by atoms with Gasteiger partial charge in [-0.1, -0.05) is 13.3 Å². The van der Waals surface area contributed by atoms with E-state index in [4.69, 9.17) is 9.47 Å². The van der Waals surface area contributed by atoms with Crippen LogP contribution < -0.4 is 4.74 Å². The first-order chi connectivity index (χ1) is 8.67. The minimum Gasteiger partial charge on any atom is -0.480 e. The maximum atomic E-state index is 11.3. The van der Waals surface area contributed by atoms with Crippen LogP contribution in [-0.4, -0.2) is 30.5 Å². The molecule has 0 radical (unpaired) electrons. The van der Waals surface area contributed by atoms with E-state index < -0.39 is 5.97 Å². The van der Waals surface area contributed by atoms with Crippen molar-refractivity contribution in [1.29, 1.82) is 0 Å². The van der Waals surface area contributed by atoms with E-state index >= 15 is 0 Å². The number of nitrogens with zero attached hydrogens (tertiary/aromatic N) is 1. The van der Waals surface area contributed by atoms with Crippen LogP contribution in [0.5, 0.6) is 5.75 Å². The molecule has 5 nitrogen and oxygen atoms in total. The molecule has 0 spiro atoms. The van der Waals surface area contributed by atoms with E-state index in [9.17, 15) is 9.59 Å². The summed E-state index contributed by atoms with van der Waals surface area (Å²) in [6, 6.07) is 3.33. The van der Waals surface area contributed by atoms with Gasteiger partial charge in [-0.25, -0.2) is 9.78 Å². The fourth-order valence-electron chi connectivity index (χ4n) is 1.28. The van der Waals surface area contributed by atoms with E-state index in [1.807, 2.05) is 6.92 Å². The van der Waals surface area contributed by atoms with Crippen molar-refractivity contribution in [2.75, 3.05) is 13.2 Å². The summed E-state index contributed by atoms with van der Waals surface area (Å²) in [4.78, 5) is 26.1. The number of esters is 1. The minimum atomic E-state index is -0.444. The second-order valence-electron chi connectivity index (χ2n) is 3.82. The van der Waals surface area contributed by atoms with E-state index in [-0.39, 0.29) is 12.3 Å². The molecule has 1 heterocycles. The van der Waals surface area contributed by atoms with Gasteiger partial charge in [-0.15, -0.1) is 0 Å². The molecule has 1 aromatic heterocycles. The van der Waals surface area contributed by atoms with E-state index in [0.29, 0.717) is 18.6 Å². The first kappa shape index (κ1) is 14.2. The van der Waals surface area contributed by atoms with E-state index in [2.05, 4.69) is 4.98 Å². The van der Waals surface area contributed by atoms with Crippen LogP contribution in [0, 0.1) is 6.92 Å². The summed E-state index contributed by atoms with van der Waals surface area (Å²) in [7, 11) is 0. The first-order valence-electron chi connectivity index (χ1n) is 5.88. The Bertz CT molecular complexity index is 417. The monoisotopic (exact) mass is 251 g/mol. The molecule has 0 saturated heterocycles. The van der Waals surface area contributed by atoms with Crippen LogP contribution >= 0.6 is 0 Å². The third-order valence-electron chi connectivity index (χ3n) is 2.24. The highest BCUT2D eigenvalue weighted by Gasteiger charge is 2.08. The van der Waals surface area contributed by atoms with Gasteiger partial charge in [0.15, 0.2) is 12.9 Å². The highest BCUT2D eigenvalue weighted by molar-refractivity contribution is 5.77. The lowest BCUT2D eigenvalue weighted by atomic mass is 10.3. The molecule has 0 atom stereocenters. The van der Waals surface area contributed by atoms with Crippen molar-refractivity contribution in [1.82, 2.24) is 4.98 Å². The van der Waals surface area contributed by atoms with Crippen molar-refractivity contribution >= 4 is 12.3 Å². The third-order valence-corrected chi connectivity index (χ3v) is 2.24. The van der Waals surface area contributed by atoms with Gasteiger partial charge in [-0.3, -0.25) is 4.79 Å². The number of carbonyl (C=O) groups excluding carboxylic acids is 2. The predicted molar refractivity (Wildman–Crippen MR) is 65.7 cm³/mol. The summed E-state index contributed by atoms with van der Waals surface area (Å²) in [5, 5.41) is 0. The Balaban J connectivity index is 2.48. The third kappa shape index (κ3) is 4.53. The highest BCUT2D eigenvalue weighted by atomic mass is 16.6. The lowest BCUT2D eigenvalue weighted by Gasteiger charge is -2.08. The van der Waals surface area contributed by atoms with Gasteiger partial charge in [0.1, 0.15) is 11.4 Å². The number of aromatic nitrogens is 1. The van der Waals surface area contributed by atoms with Crippen LogP contribution in [0.15, 0.2) is 12.1 Å². The molecule has 1 rings (SSSR count). The lowest BCUT2D eigenvalue weighted by Crippen LogP contribution is -2.16. The van der Waals surface area contributed by atoms with Crippen LogP contribution in [-0.2, 0) is 9.53 Å². The topological polar surface area (TPSA) is 65.5 Å². The van der Waals surface area contributed by atoms with Crippen LogP contribution in [0.2, 0.25) is 0 Å². The highest BCUT2D eigenvalue weighted by Crippen LogP contribution is 2.14. The number of aldehydes is 1. The van der Waals surface area contributed by atoms with Crippen molar-refractivity contribution < 1.29 is 19.1 Å². The summed E-state index contributed by atoms with van der Waals surface area (Å²) in [5.74, 6) is -0.149. The van der Waals surface area contributed by atoms with E-state index in [1.165, 1.54) is 0 Å². The summed E-state index contributed by atoms with van der Waals surface area (Å²) >= 11 is 0. The SMILES string of the molecule is CCCCOC(=O)COc1ccc(C)nc1C=O. The van der Waals surface area contributed by atoms with Gasteiger partial charge in [-0.2, -0.15) is 0 Å². The average Bonchev–Trinajstić information content (AvgIpc) is 2.37. The molecule has 0 saturated carbocycles. The van der Waals surface area contributed by atoms with Crippen molar-refractivity contribution in [3.63, 3.8) is 0 Å². The second kappa shape index (κ2) is 7.42. The number of ether oxygens (including phenoxy) is 2. The summed E-state index contributed by atoms with van der Waals surface area (Å²) in [6.07, 6.45) is 2.40. The Kier molecular flexibility index (Phi) is 5.84. The molecule has 18 heavy (non-hydrogen) atoms. The molecule has 5 heteroatoms. The quantitative estimate of drug-likeness (QED) is 0.421. The molecule has 0 aliphatic heterocycles. The Morgan fingerprint density at radius 3 is 2.89 bits per heavy atom. The lowest BCUT2D eigenvalue weighted by molar-refractivity contribution is -0.146. The van der Waals surface area contributed by atoms with Crippen molar-refractivity contribution in [2.45, 2.75) is 26.7 Å². The minimum absolute atomic E-state index is 0.191. The maximum absolute atomic E-state index is 11.3. The predicted octanol–water partition coefficient (Wildman–Crippen LogP) is 1.92. The van der Waals surface area contributed by atoms with E-state index in [0.717, 1.165) is 18.5 Å². The van der Waals surface area contributed by atoms with E-state index in [1.54, 1.807) is 19.1 Å². The molecule has 98 valence electrons. The molecule has 0 unspecified atom stereocenters. The average molecular weight is 251 g/mol. The molecule has 0 bridgehead atoms. The van der Waals surface area contributed by atoms with Crippen molar-refractivity contribution in [3.8, 4) is 5.75 Å². The molecule has 0 fully saturated rings. The van der Waals surface area contributed by atoms with Crippen LogP contribution in [0.4, 0.5) is 0 Å². The van der Waals surface area contributed by atoms with Gasteiger partial charge in [0.05, 0.1) is 6.61 Å². The molecule has 0 aliphatic carbocycles. The number of carbonyl (C=O) groups is 2. The van der Waals surface area contributed by atoms with Gasteiger partial charge in [-0.05, 0) is 25.5 Å². The normalized spacial score (nSPS) is 9.89. The van der Waals surface area contributed by atoms with Crippen LogP contribution in [0.25, 0.3) is 0 Å². The second-order valence-corrected chi connectivity index (χ2v) is 3.82. The van der Waals surface area contributed by atoms with Gasteiger partial charge < -0.3 is 9.47 Å². The Hall–Kier alpha value is -1.91. The van der Waals surface area contributed by atoms with Crippen LogP contribution in [0.1, 0.15) is 35.9 Å². The Morgan fingerprint density at radius 2 is 2.22 bits per heavy atom. The van der Waals surface area contributed by atoms with Gasteiger partial charge in [0.25, 0.3) is 0 Å². The fourth-order valence-corrected chi connectivity index (χ4v) is 1.28. The molecule has 0 N–H and O–H groups in total. The number of aryl methyl sites for hydroxylation is 1. The number of rotatable bonds is 7. The molecule has 0 aliphatic rings. The number of hydrogen-bond donors (Lipinski definition) is 0. The van der Waals surface area contributed by atoms with Crippen molar-refractivity contribution in [3.05, 3.63) is 23.5 Å². The summed E-state index contributed by atoms with van der Waals surface area (Å²) < 4.78 is 10.1. The summed E-state index contributed by atoms with van der Waals surface area (Å²) in [6.45, 7) is 3.97. The molecule has 0 aromatic carbocycles. The fraction of sp³-hybridized carbons (Fsp3) is 0.462.